The predicted molar refractivity (Wildman–Crippen MR) is 78.1 cm³/mol. The Balaban J connectivity index is 1.66. The minimum absolute atomic E-state index is 0.0852. The zero-order chi connectivity index (χ0) is 16.4. The van der Waals surface area contributed by atoms with Gasteiger partial charge in [0.05, 0.1) is 12.7 Å². The van der Waals surface area contributed by atoms with Gasteiger partial charge in [-0.2, -0.15) is 0 Å². The summed E-state index contributed by atoms with van der Waals surface area (Å²) in [6.45, 7) is -0.446. The molecule has 1 aliphatic rings. The molecule has 1 aromatic heterocycles. The number of benzene rings is 1. The Hall–Kier alpha value is -2.77. The van der Waals surface area contributed by atoms with E-state index in [1.54, 1.807) is 6.20 Å². The van der Waals surface area contributed by atoms with E-state index in [9.17, 15) is 14.0 Å². The SMILES string of the molecule is O=C(Cn1cc(-c2ccccc2)nn1)N1CCC(F)(C(=O)O)C1. The molecule has 1 N–H and O–H groups in total. The van der Waals surface area contributed by atoms with Crippen molar-refractivity contribution in [2.24, 2.45) is 0 Å². The molecular formula is C15H15FN4O3. The van der Waals surface area contributed by atoms with Crippen LogP contribution in [0.15, 0.2) is 36.5 Å². The normalized spacial score (nSPS) is 20.7. The molecule has 23 heavy (non-hydrogen) atoms. The van der Waals surface area contributed by atoms with E-state index in [0.29, 0.717) is 5.69 Å². The quantitative estimate of drug-likeness (QED) is 0.907. The minimum Gasteiger partial charge on any atom is -0.479 e. The third-order valence-electron chi connectivity index (χ3n) is 3.86. The second kappa shape index (κ2) is 5.79. The summed E-state index contributed by atoms with van der Waals surface area (Å²) in [5, 5.41) is 16.7. The fourth-order valence-corrected chi connectivity index (χ4v) is 2.52. The number of carboxylic acids is 1. The van der Waals surface area contributed by atoms with Crippen LogP contribution < -0.4 is 0 Å². The van der Waals surface area contributed by atoms with E-state index in [2.05, 4.69) is 10.3 Å². The summed E-state index contributed by atoms with van der Waals surface area (Å²) >= 11 is 0. The van der Waals surface area contributed by atoms with Crippen LogP contribution in [-0.2, 0) is 16.1 Å². The van der Waals surface area contributed by atoms with E-state index >= 15 is 0 Å². The molecule has 0 radical (unpaired) electrons. The minimum atomic E-state index is -2.35. The number of nitrogens with zero attached hydrogens (tertiary/aromatic N) is 4. The highest BCUT2D eigenvalue weighted by atomic mass is 19.1. The van der Waals surface area contributed by atoms with Gasteiger partial charge in [0.15, 0.2) is 0 Å². The van der Waals surface area contributed by atoms with Crippen molar-refractivity contribution in [3.05, 3.63) is 36.5 Å². The molecule has 0 spiro atoms. The van der Waals surface area contributed by atoms with Gasteiger partial charge in [-0.25, -0.2) is 13.9 Å². The highest BCUT2D eigenvalue weighted by Crippen LogP contribution is 2.26. The Kier molecular flexibility index (Phi) is 3.81. The number of amides is 1. The number of carboxylic acid groups (broad SMARTS) is 1. The maximum Gasteiger partial charge on any atom is 0.343 e. The summed E-state index contributed by atoms with van der Waals surface area (Å²) in [6.07, 6.45) is 1.43. The maximum absolute atomic E-state index is 14.0. The fourth-order valence-electron chi connectivity index (χ4n) is 2.52. The van der Waals surface area contributed by atoms with Crippen molar-refractivity contribution in [1.82, 2.24) is 19.9 Å². The highest BCUT2D eigenvalue weighted by molar-refractivity contribution is 5.82. The van der Waals surface area contributed by atoms with E-state index in [4.69, 9.17) is 5.11 Å². The lowest BCUT2D eigenvalue weighted by atomic mass is 10.1. The van der Waals surface area contributed by atoms with E-state index in [1.807, 2.05) is 30.3 Å². The van der Waals surface area contributed by atoms with Gasteiger partial charge in [0.1, 0.15) is 12.2 Å². The van der Waals surface area contributed by atoms with Crippen molar-refractivity contribution >= 4 is 11.9 Å². The third kappa shape index (κ3) is 3.05. The summed E-state index contributed by atoms with van der Waals surface area (Å²) in [5.41, 5.74) is -0.848. The zero-order valence-corrected chi connectivity index (χ0v) is 12.2. The molecule has 3 rings (SSSR count). The number of carbonyl (C=O) groups excluding carboxylic acids is 1. The molecule has 0 aliphatic carbocycles. The molecule has 1 saturated heterocycles. The Morgan fingerprint density at radius 3 is 2.70 bits per heavy atom. The number of halogens is 1. The fraction of sp³-hybridized carbons (Fsp3) is 0.333. The number of aromatic nitrogens is 3. The zero-order valence-electron chi connectivity index (χ0n) is 12.2. The van der Waals surface area contributed by atoms with Crippen molar-refractivity contribution in [2.75, 3.05) is 13.1 Å². The summed E-state index contributed by atoms with van der Waals surface area (Å²) in [5.74, 6) is -1.91. The van der Waals surface area contributed by atoms with Gasteiger partial charge in [0, 0.05) is 18.5 Å². The van der Waals surface area contributed by atoms with Crippen LogP contribution in [0, 0.1) is 0 Å². The van der Waals surface area contributed by atoms with Crippen LogP contribution in [0.3, 0.4) is 0 Å². The standard InChI is InChI=1S/C15H15FN4O3/c16-15(14(22)23)6-7-19(10-15)13(21)9-20-8-12(17-18-20)11-4-2-1-3-5-11/h1-5,8H,6-7,9-10H2,(H,22,23). The molecular weight excluding hydrogens is 303 g/mol. The molecule has 1 amide bonds. The van der Waals surface area contributed by atoms with Crippen LogP contribution in [0.5, 0.6) is 0 Å². The Labute approximate surface area is 131 Å². The van der Waals surface area contributed by atoms with E-state index < -0.39 is 18.2 Å². The molecule has 1 fully saturated rings. The number of alkyl halides is 1. The number of carbonyl (C=O) groups is 2. The van der Waals surface area contributed by atoms with Gasteiger partial charge in [-0.15, -0.1) is 5.10 Å². The first-order valence-electron chi connectivity index (χ1n) is 7.13. The van der Waals surface area contributed by atoms with Gasteiger partial charge in [-0.05, 0) is 0 Å². The van der Waals surface area contributed by atoms with Crippen molar-refractivity contribution in [2.45, 2.75) is 18.6 Å². The van der Waals surface area contributed by atoms with Gasteiger partial charge in [0.25, 0.3) is 0 Å². The van der Waals surface area contributed by atoms with E-state index in [0.717, 1.165) is 5.56 Å². The lowest BCUT2D eigenvalue weighted by Gasteiger charge is -2.17. The number of hydrogen-bond donors (Lipinski definition) is 1. The van der Waals surface area contributed by atoms with Crippen LogP contribution in [0.1, 0.15) is 6.42 Å². The first-order chi connectivity index (χ1) is 11.0. The van der Waals surface area contributed by atoms with Crippen molar-refractivity contribution in [3.8, 4) is 11.3 Å². The Morgan fingerprint density at radius 2 is 2.04 bits per heavy atom. The smallest absolute Gasteiger partial charge is 0.343 e. The summed E-state index contributed by atoms with van der Waals surface area (Å²) < 4.78 is 15.3. The van der Waals surface area contributed by atoms with Crippen LogP contribution in [0.2, 0.25) is 0 Å². The summed E-state index contributed by atoms with van der Waals surface area (Å²) in [4.78, 5) is 24.2. The van der Waals surface area contributed by atoms with Crippen LogP contribution in [-0.4, -0.2) is 55.6 Å². The number of hydrogen-bond acceptors (Lipinski definition) is 4. The highest BCUT2D eigenvalue weighted by Gasteiger charge is 2.46. The Morgan fingerprint density at radius 1 is 1.30 bits per heavy atom. The molecule has 1 unspecified atom stereocenters. The van der Waals surface area contributed by atoms with Gasteiger partial charge in [-0.1, -0.05) is 35.5 Å². The lowest BCUT2D eigenvalue weighted by molar-refractivity contribution is -0.150. The van der Waals surface area contributed by atoms with Gasteiger partial charge >= 0.3 is 5.97 Å². The van der Waals surface area contributed by atoms with Gasteiger partial charge in [-0.3, -0.25) is 4.79 Å². The molecule has 2 heterocycles. The third-order valence-corrected chi connectivity index (χ3v) is 3.86. The summed E-state index contributed by atoms with van der Waals surface area (Å²) in [7, 11) is 0. The lowest BCUT2D eigenvalue weighted by Crippen LogP contribution is -2.39. The van der Waals surface area contributed by atoms with Crippen molar-refractivity contribution in [3.63, 3.8) is 0 Å². The monoisotopic (exact) mass is 318 g/mol. The molecule has 2 aromatic rings. The molecule has 0 bridgehead atoms. The topological polar surface area (TPSA) is 88.3 Å². The Bertz CT molecular complexity index is 733. The second-order valence-corrected chi connectivity index (χ2v) is 5.50. The molecule has 1 atom stereocenters. The number of likely N-dealkylation sites (tertiary alicyclic amines) is 1. The first-order valence-corrected chi connectivity index (χ1v) is 7.13. The summed E-state index contributed by atoms with van der Waals surface area (Å²) in [6, 6.07) is 9.38. The average molecular weight is 318 g/mol. The van der Waals surface area contributed by atoms with Gasteiger partial charge in [0.2, 0.25) is 11.6 Å². The largest absolute Gasteiger partial charge is 0.479 e. The van der Waals surface area contributed by atoms with E-state index in [-0.39, 0.29) is 25.4 Å². The van der Waals surface area contributed by atoms with Crippen LogP contribution in [0.4, 0.5) is 4.39 Å². The first kappa shape index (κ1) is 15.1. The predicted octanol–water partition coefficient (Wildman–Crippen LogP) is 0.970. The van der Waals surface area contributed by atoms with Crippen LogP contribution in [0.25, 0.3) is 11.3 Å². The molecule has 7 nitrogen and oxygen atoms in total. The molecule has 1 aromatic carbocycles. The van der Waals surface area contributed by atoms with E-state index in [1.165, 1.54) is 9.58 Å². The number of aliphatic carboxylic acids is 1. The number of rotatable bonds is 4. The van der Waals surface area contributed by atoms with Gasteiger partial charge < -0.3 is 10.0 Å². The maximum atomic E-state index is 14.0. The van der Waals surface area contributed by atoms with Crippen LogP contribution >= 0.6 is 0 Å². The van der Waals surface area contributed by atoms with Crippen molar-refractivity contribution in [1.29, 1.82) is 0 Å². The second-order valence-electron chi connectivity index (χ2n) is 5.50. The molecule has 0 saturated carbocycles. The molecule has 120 valence electrons. The molecule has 8 heteroatoms. The van der Waals surface area contributed by atoms with Crippen molar-refractivity contribution < 1.29 is 19.1 Å². The molecule has 1 aliphatic heterocycles. The average Bonchev–Trinajstić information content (AvgIpc) is 3.16.